The van der Waals surface area contributed by atoms with E-state index in [1.165, 1.54) is 18.4 Å². The Kier molecular flexibility index (Phi) is 6.99. The molecule has 8 heteroatoms. The van der Waals surface area contributed by atoms with Crippen LogP contribution in [-0.2, 0) is 13.0 Å². The molecule has 0 bridgehead atoms. The highest BCUT2D eigenvalue weighted by Crippen LogP contribution is 2.28. The molecule has 0 amide bonds. The van der Waals surface area contributed by atoms with Gasteiger partial charge in [-0.25, -0.2) is 14.8 Å². The van der Waals surface area contributed by atoms with Gasteiger partial charge in [0.2, 0.25) is 0 Å². The van der Waals surface area contributed by atoms with E-state index in [4.69, 9.17) is 10.1 Å². The predicted octanol–water partition coefficient (Wildman–Crippen LogP) is 4.81. The minimum atomic E-state index is 0.373. The van der Waals surface area contributed by atoms with Crippen LogP contribution < -0.4 is 0 Å². The SMILES string of the molecule is CCCCCc1nc(C(C)CC)nn1Cc1ccc(-c2cccnc2-c2nnn[nH]2)cc1. The number of rotatable bonds is 10. The van der Waals surface area contributed by atoms with Crippen LogP contribution in [0.2, 0.25) is 0 Å². The second-order valence-electron chi connectivity index (χ2n) is 8.16. The first-order valence-electron chi connectivity index (χ1n) is 11.4. The van der Waals surface area contributed by atoms with Crippen molar-refractivity contribution in [1.82, 2.24) is 40.4 Å². The van der Waals surface area contributed by atoms with Gasteiger partial charge in [0.05, 0.1) is 6.54 Å². The zero-order valence-electron chi connectivity index (χ0n) is 19.0. The quantitative estimate of drug-likeness (QED) is 0.362. The van der Waals surface area contributed by atoms with Crippen LogP contribution >= 0.6 is 0 Å². The lowest BCUT2D eigenvalue weighted by Crippen LogP contribution is -2.07. The molecule has 0 saturated carbocycles. The molecule has 32 heavy (non-hydrogen) atoms. The normalized spacial score (nSPS) is 12.2. The fourth-order valence-corrected chi connectivity index (χ4v) is 3.68. The van der Waals surface area contributed by atoms with Gasteiger partial charge in [-0.2, -0.15) is 5.10 Å². The Bertz CT molecular complexity index is 1120. The first-order valence-corrected chi connectivity index (χ1v) is 11.4. The first kappa shape index (κ1) is 21.8. The Hall–Kier alpha value is -3.42. The standard InChI is InChI=1S/C24H30N8/c1-4-6-7-10-21-26-23(17(3)5-2)29-32(21)16-18-11-13-19(14-12-18)20-9-8-15-25-22(20)24-27-30-31-28-24/h8-9,11-15,17H,4-7,10,16H2,1-3H3,(H,27,28,30,31). The van der Waals surface area contributed by atoms with Crippen LogP contribution in [0.4, 0.5) is 0 Å². The van der Waals surface area contributed by atoms with E-state index >= 15 is 0 Å². The number of aromatic amines is 1. The van der Waals surface area contributed by atoms with Crippen LogP contribution in [0, 0.1) is 0 Å². The molecule has 0 aliphatic rings. The predicted molar refractivity (Wildman–Crippen MR) is 124 cm³/mol. The number of aromatic nitrogens is 8. The molecule has 4 aromatic rings. The average Bonchev–Trinajstić information content (AvgIpc) is 3.50. The number of hydrogen-bond donors (Lipinski definition) is 1. The summed E-state index contributed by atoms with van der Waals surface area (Å²) in [6, 6.07) is 12.5. The third kappa shape index (κ3) is 4.90. The summed E-state index contributed by atoms with van der Waals surface area (Å²) >= 11 is 0. The van der Waals surface area contributed by atoms with Crippen molar-refractivity contribution in [3.63, 3.8) is 0 Å². The Labute approximate surface area is 188 Å². The Morgan fingerprint density at radius 1 is 1.06 bits per heavy atom. The maximum atomic E-state index is 4.88. The fraction of sp³-hybridized carbons (Fsp3) is 0.417. The van der Waals surface area contributed by atoms with Crippen molar-refractivity contribution < 1.29 is 0 Å². The highest BCUT2D eigenvalue weighted by atomic mass is 15.5. The summed E-state index contributed by atoms with van der Waals surface area (Å²) in [7, 11) is 0. The fourth-order valence-electron chi connectivity index (χ4n) is 3.68. The van der Waals surface area contributed by atoms with Gasteiger partial charge in [0.1, 0.15) is 11.5 Å². The van der Waals surface area contributed by atoms with E-state index < -0.39 is 0 Å². The summed E-state index contributed by atoms with van der Waals surface area (Å²) in [5.41, 5.74) is 3.98. The van der Waals surface area contributed by atoms with Gasteiger partial charge in [-0.3, -0.25) is 4.98 Å². The van der Waals surface area contributed by atoms with Gasteiger partial charge >= 0.3 is 0 Å². The van der Waals surface area contributed by atoms with Gasteiger partial charge < -0.3 is 0 Å². The number of aryl methyl sites for hydroxylation is 1. The molecular formula is C24H30N8. The average molecular weight is 431 g/mol. The van der Waals surface area contributed by atoms with E-state index in [0.717, 1.165) is 54.3 Å². The van der Waals surface area contributed by atoms with E-state index in [-0.39, 0.29) is 0 Å². The van der Waals surface area contributed by atoms with Crippen molar-refractivity contribution in [3.8, 4) is 22.6 Å². The number of nitrogens with one attached hydrogen (secondary N) is 1. The summed E-state index contributed by atoms with van der Waals surface area (Å²) in [6.07, 6.45) is 7.33. The molecule has 1 atom stereocenters. The van der Waals surface area contributed by atoms with Crippen molar-refractivity contribution in [2.75, 3.05) is 0 Å². The summed E-state index contributed by atoms with van der Waals surface area (Å²) in [5, 5.41) is 19.0. The molecule has 0 saturated heterocycles. The zero-order chi connectivity index (χ0) is 22.3. The third-order valence-electron chi connectivity index (χ3n) is 5.80. The monoisotopic (exact) mass is 430 g/mol. The molecule has 0 radical (unpaired) electrons. The molecule has 166 valence electrons. The van der Waals surface area contributed by atoms with Crippen LogP contribution in [-0.4, -0.2) is 40.4 Å². The van der Waals surface area contributed by atoms with Gasteiger partial charge in [0, 0.05) is 24.1 Å². The van der Waals surface area contributed by atoms with Gasteiger partial charge in [0.25, 0.3) is 0 Å². The first-order chi connectivity index (χ1) is 15.7. The highest BCUT2D eigenvalue weighted by molar-refractivity contribution is 5.77. The van der Waals surface area contributed by atoms with E-state index in [0.29, 0.717) is 11.7 Å². The molecule has 0 aliphatic carbocycles. The molecule has 1 aromatic carbocycles. The Morgan fingerprint density at radius 2 is 1.91 bits per heavy atom. The van der Waals surface area contributed by atoms with E-state index in [1.54, 1.807) is 6.20 Å². The maximum absolute atomic E-state index is 4.88. The van der Waals surface area contributed by atoms with Crippen LogP contribution in [0.5, 0.6) is 0 Å². The topological polar surface area (TPSA) is 98.1 Å². The van der Waals surface area contributed by atoms with Gasteiger partial charge in [-0.15, -0.1) is 5.10 Å². The molecule has 0 aliphatic heterocycles. The third-order valence-corrected chi connectivity index (χ3v) is 5.80. The summed E-state index contributed by atoms with van der Waals surface area (Å²) in [5.74, 6) is 2.97. The lowest BCUT2D eigenvalue weighted by atomic mass is 10.0. The van der Waals surface area contributed by atoms with E-state index in [9.17, 15) is 0 Å². The lowest BCUT2D eigenvalue weighted by Gasteiger charge is -2.09. The molecule has 4 rings (SSSR count). The number of unbranched alkanes of at least 4 members (excludes halogenated alkanes) is 2. The van der Waals surface area contributed by atoms with Crippen molar-refractivity contribution in [3.05, 3.63) is 59.8 Å². The van der Waals surface area contributed by atoms with E-state index in [1.807, 2.05) is 12.1 Å². The van der Waals surface area contributed by atoms with Crippen LogP contribution in [0.3, 0.4) is 0 Å². The van der Waals surface area contributed by atoms with Crippen molar-refractivity contribution in [1.29, 1.82) is 0 Å². The molecule has 3 heterocycles. The number of benzene rings is 1. The number of H-pyrrole nitrogens is 1. The molecule has 8 nitrogen and oxygen atoms in total. The minimum Gasteiger partial charge on any atom is -0.252 e. The van der Waals surface area contributed by atoms with Gasteiger partial charge in [0.15, 0.2) is 11.6 Å². The molecule has 0 fully saturated rings. The van der Waals surface area contributed by atoms with Crippen molar-refractivity contribution in [2.24, 2.45) is 0 Å². The van der Waals surface area contributed by atoms with Crippen molar-refractivity contribution >= 4 is 0 Å². The molecular weight excluding hydrogens is 400 g/mol. The van der Waals surface area contributed by atoms with Gasteiger partial charge in [-0.05, 0) is 40.5 Å². The Morgan fingerprint density at radius 3 is 2.62 bits per heavy atom. The van der Waals surface area contributed by atoms with Crippen molar-refractivity contribution in [2.45, 2.75) is 65.3 Å². The number of nitrogens with zero attached hydrogens (tertiary/aromatic N) is 7. The maximum Gasteiger partial charge on any atom is 0.198 e. The summed E-state index contributed by atoms with van der Waals surface area (Å²) in [4.78, 5) is 9.34. The lowest BCUT2D eigenvalue weighted by molar-refractivity contribution is 0.596. The number of tetrazole rings is 1. The molecule has 0 spiro atoms. The highest BCUT2D eigenvalue weighted by Gasteiger charge is 2.15. The zero-order valence-corrected chi connectivity index (χ0v) is 19.0. The largest absolute Gasteiger partial charge is 0.252 e. The number of pyridine rings is 1. The molecule has 1 unspecified atom stereocenters. The van der Waals surface area contributed by atoms with Crippen LogP contribution in [0.15, 0.2) is 42.6 Å². The van der Waals surface area contributed by atoms with Crippen LogP contribution in [0.25, 0.3) is 22.6 Å². The second kappa shape index (κ2) is 10.3. The summed E-state index contributed by atoms with van der Waals surface area (Å²) in [6.45, 7) is 7.32. The second-order valence-corrected chi connectivity index (χ2v) is 8.16. The number of hydrogen-bond acceptors (Lipinski definition) is 6. The summed E-state index contributed by atoms with van der Waals surface area (Å²) < 4.78 is 2.09. The Balaban J connectivity index is 1.57. The van der Waals surface area contributed by atoms with Crippen LogP contribution in [0.1, 0.15) is 69.6 Å². The smallest absolute Gasteiger partial charge is 0.198 e. The van der Waals surface area contributed by atoms with Gasteiger partial charge in [-0.1, -0.05) is 63.9 Å². The minimum absolute atomic E-state index is 0.373. The molecule has 1 N–H and O–H groups in total. The molecule has 3 aromatic heterocycles. The van der Waals surface area contributed by atoms with E-state index in [2.05, 4.69) is 75.3 Å².